The summed E-state index contributed by atoms with van der Waals surface area (Å²) in [6, 6.07) is 2.15. The van der Waals surface area contributed by atoms with E-state index in [-0.39, 0.29) is 12.2 Å². The molecule has 0 aliphatic carbocycles. The minimum Gasteiger partial charge on any atom is -0.391 e. The van der Waals surface area contributed by atoms with Gasteiger partial charge in [0, 0.05) is 0 Å². The predicted molar refractivity (Wildman–Crippen MR) is 65.0 cm³/mol. The van der Waals surface area contributed by atoms with Gasteiger partial charge < -0.3 is 9.84 Å². The monoisotopic (exact) mass is 227 g/mol. The van der Waals surface area contributed by atoms with E-state index >= 15 is 0 Å². The summed E-state index contributed by atoms with van der Waals surface area (Å²) in [5.74, 6) is 0. The second-order valence-corrected chi connectivity index (χ2v) is 4.40. The molecule has 3 nitrogen and oxygen atoms in total. The first-order chi connectivity index (χ1) is 7.61. The third-order valence-electron chi connectivity index (χ3n) is 2.77. The van der Waals surface area contributed by atoms with Gasteiger partial charge in [0.1, 0.15) is 6.10 Å². The van der Waals surface area contributed by atoms with Crippen LogP contribution in [0.1, 0.15) is 59.3 Å². The molecule has 0 spiro atoms. The average Bonchev–Trinajstić information content (AvgIpc) is 2.26. The fourth-order valence-electron chi connectivity index (χ4n) is 1.47. The van der Waals surface area contributed by atoms with E-state index in [9.17, 15) is 5.11 Å². The van der Waals surface area contributed by atoms with Gasteiger partial charge in [-0.1, -0.05) is 32.6 Å². The Kier molecular flexibility index (Phi) is 9.27. The fourth-order valence-corrected chi connectivity index (χ4v) is 1.47. The van der Waals surface area contributed by atoms with Gasteiger partial charge in [-0.2, -0.15) is 5.26 Å². The molecule has 0 bridgehead atoms. The van der Waals surface area contributed by atoms with Gasteiger partial charge in [-0.3, -0.25) is 0 Å². The van der Waals surface area contributed by atoms with Crippen LogP contribution in [0, 0.1) is 11.3 Å². The maximum absolute atomic E-state index is 9.27. The van der Waals surface area contributed by atoms with Gasteiger partial charge in [-0.05, 0) is 26.7 Å². The summed E-state index contributed by atoms with van der Waals surface area (Å²) in [4.78, 5) is 0. The third-order valence-corrected chi connectivity index (χ3v) is 2.77. The molecular formula is C13H25NO2. The number of aliphatic hydroxyl groups excluding tert-OH is 1. The van der Waals surface area contributed by atoms with Gasteiger partial charge in [0.25, 0.3) is 0 Å². The molecule has 16 heavy (non-hydrogen) atoms. The zero-order valence-corrected chi connectivity index (χ0v) is 10.8. The molecule has 3 atom stereocenters. The molecule has 0 aliphatic rings. The number of aliphatic hydroxyl groups is 1. The van der Waals surface area contributed by atoms with E-state index in [4.69, 9.17) is 10.00 Å². The van der Waals surface area contributed by atoms with Crippen LogP contribution in [0.5, 0.6) is 0 Å². The SMILES string of the molecule is CCCCCCCC(C#N)OC(C)C(C)O. The Morgan fingerprint density at radius 2 is 1.81 bits per heavy atom. The van der Waals surface area contributed by atoms with Gasteiger partial charge in [0.15, 0.2) is 0 Å². The Morgan fingerprint density at radius 1 is 1.19 bits per heavy atom. The predicted octanol–water partition coefficient (Wildman–Crippen LogP) is 3.02. The maximum Gasteiger partial charge on any atom is 0.144 e. The zero-order chi connectivity index (χ0) is 12.4. The molecule has 0 saturated heterocycles. The number of unbranched alkanes of at least 4 members (excludes halogenated alkanes) is 4. The van der Waals surface area contributed by atoms with E-state index in [0.717, 1.165) is 12.8 Å². The molecule has 0 rings (SSSR count). The van der Waals surface area contributed by atoms with Crippen molar-refractivity contribution in [3.63, 3.8) is 0 Å². The minimum absolute atomic E-state index is 0.264. The fraction of sp³-hybridized carbons (Fsp3) is 0.923. The lowest BCUT2D eigenvalue weighted by Crippen LogP contribution is -2.27. The molecule has 0 fully saturated rings. The second-order valence-electron chi connectivity index (χ2n) is 4.40. The summed E-state index contributed by atoms with van der Waals surface area (Å²) in [5.41, 5.74) is 0. The first-order valence-corrected chi connectivity index (χ1v) is 6.35. The second kappa shape index (κ2) is 9.62. The van der Waals surface area contributed by atoms with Crippen molar-refractivity contribution in [1.29, 1.82) is 5.26 Å². The molecule has 3 unspecified atom stereocenters. The lowest BCUT2D eigenvalue weighted by atomic mass is 10.1. The lowest BCUT2D eigenvalue weighted by Gasteiger charge is -2.19. The molecule has 0 amide bonds. The van der Waals surface area contributed by atoms with Gasteiger partial charge in [0.2, 0.25) is 0 Å². The molecule has 0 aromatic rings. The van der Waals surface area contributed by atoms with Gasteiger partial charge in [0.05, 0.1) is 18.3 Å². The highest BCUT2D eigenvalue weighted by molar-refractivity contribution is 4.85. The number of nitriles is 1. The highest BCUT2D eigenvalue weighted by Crippen LogP contribution is 2.11. The van der Waals surface area contributed by atoms with Crippen molar-refractivity contribution in [1.82, 2.24) is 0 Å². The van der Waals surface area contributed by atoms with Crippen LogP contribution < -0.4 is 0 Å². The summed E-state index contributed by atoms with van der Waals surface area (Å²) < 4.78 is 5.46. The molecule has 0 aromatic carbocycles. The topological polar surface area (TPSA) is 53.2 Å². The molecule has 0 heterocycles. The zero-order valence-electron chi connectivity index (χ0n) is 10.8. The molecule has 0 saturated carbocycles. The Hall–Kier alpha value is -0.590. The average molecular weight is 227 g/mol. The molecule has 0 aromatic heterocycles. The van der Waals surface area contributed by atoms with Crippen molar-refractivity contribution < 1.29 is 9.84 Å². The van der Waals surface area contributed by atoms with Crippen molar-refractivity contribution in [3.05, 3.63) is 0 Å². The minimum atomic E-state index is -0.518. The summed E-state index contributed by atoms with van der Waals surface area (Å²) in [5, 5.41) is 18.2. The van der Waals surface area contributed by atoms with E-state index in [1.54, 1.807) is 13.8 Å². The number of ether oxygens (including phenoxy) is 1. The van der Waals surface area contributed by atoms with Crippen LogP contribution >= 0.6 is 0 Å². The molecule has 0 radical (unpaired) electrons. The van der Waals surface area contributed by atoms with E-state index in [0.29, 0.717) is 0 Å². The first kappa shape index (κ1) is 15.4. The van der Waals surface area contributed by atoms with Crippen molar-refractivity contribution in [3.8, 4) is 6.07 Å². The van der Waals surface area contributed by atoms with Crippen molar-refractivity contribution in [2.75, 3.05) is 0 Å². The highest BCUT2D eigenvalue weighted by Gasteiger charge is 2.15. The van der Waals surface area contributed by atoms with E-state index in [1.165, 1.54) is 25.7 Å². The van der Waals surface area contributed by atoms with Crippen LogP contribution in [0.2, 0.25) is 0 Å². The van der Waals surface area contributed by atoms with Gasteiger partial charge in [-0.25, -0.2) is 0 Å². The first-order valence-electron chi connectivity index (χ1n) is 6.35. The van der Waals surface area contributed by atoms with Crippen LogP contribution in [0.15, 0.2) is 0 Å². The summed E-state index contributed by atoms with van der Waals surface area (Å²) in [6.07, 6.45) is 5.56. The van der Waals surface area contributed by atoms with E-state index in [2.05, 4.69) is 13.0 Å². The van der Waals surface area contributed by atoms with Crippen molar-refractivity contribution in [2.45, 2.75) is 77.6 Å². The Bertz CT molecular complexity index is 199. The Morgan fingerprint density at radius 3 is 2.31 bits per heavy atom. The van der Waals surface area contributed by atoms with Crippen LogP contribution in [0.25, 0.3) is 0 Å². The molecule has 3 heteroatoms. The summed E-state index contributed by atoms with van der Waals surface area (Å²) >= 11 is 0. The van der Waals surface area contributed by atoms with E-state index in [1.807, 2.05) is 0 Å². The largest absolute Gasteiger partial charge is 0.391 e. The number of hydrogen-bond acceptors (Lipinski definition) is 3. The van der Waals surface area contributed by atoms with Crippen molar-refractivity contribution in [2.24, 2.45) is 0 Å². The van der Waals surface area contributed by atoms with Gasteiger partial charge >= 0.3 is 0 Å². The molecule has 1 N–H and O–H groups in total. The summed E-state index contributed by atoms with van der Waals surface area (Å²) in [6.45, 7) is 5.66. The maximum atomic E-state index is 9.27. The standard InChI is InChI=1S/C13H25NO2/c1-4-5-6-7-8-9-13(10-14)16-12(3)11(2)15/h11-13,15H,4-9H2,1-3H3. The third kappa shape index (κ3) is 7.67. The quantitative estimate of drug-likeness (QED) is 0.616. The number of nitrogens with zero attached hydrogens (tertiary/aromatic N) is 1. The normalized spacial score (nSPS) is 16.4. The van der Waals surface area contributed by atoms with Crippen molar-refractivity contribution >= 4 is 0 Å². The van der Waals surface area contributed by atoms with Crippen LogP contribution in [-0.2, 0) is 4.74 Å². The molecule has 0 aliphatic heterocycles. The Balaban J connectivity index is 3.64. The van der Waals surface area contributed by atoms with Crippen LogP contribution in [-0.4, -0.2) is 23.4 Å². The lowest BCUT2D eigenvalue weighted by molar-refractivity contribution is -0.0442. The summed E-state index contributed by atoms with van der Waals surface area (Å²) in [7, 11) is 0. The smallest absolute Gasteiger partial charge is 0.144 e. The number of rotatable bonds is 9. The van der Waals surface area contributed by atoms with Crippen LogP contribution in [0.4, 0.5) is 0 Å². The van der Waals surface area contributed by atoms with E-state index < -0.39 is 6.10 Å². The highest BCUT2D eigenvalue weighted by atomic mass is 16.5. The van der Waals surface area contributed by atoms with Gasteiger partial charge in [-0.15, -0.1) is 0 Å². The number of hydrogen-bond donors (Lipinski definition) is 1. The van der Waals surface area contributed by atoms with Crippen LogP contribution in [0.3, 0.4) is 0 Å². The molecular weight excluding hydrogens is 202 g/mol. The molecule has 94 valence electrons. The Labute approximate surface area is 99.4 Å².